The molecule has 0 aromatic carbocycles. The van der Waals surface area contributed by atoms with Gasteiger partial charge in [-0.15, -0.1) is 0 Å². The van der Waals surface area contributed by atoms with E-state index in [0.717, 1.165) is 44.9 Å². The summed E-state index contributed by atoms with van der Waals surface area (Å²) in [5.74, 6) is 2.00. The number of nitrogens with zero attached hydrogens (tertiary/aromatic N) is 1. The van der Waals surface area contributed by atoms with Crippen molar-refractivity contribution in [3.8, 4) is 0 Å². The van der Waals surface area contributed by atoms with E-state index in [2.05, 4.69) is 93.7 Å². The number of carbonyl (C=O) groups excluding carboxylic acids is 2. The number of rotatable bonds is 9. The van der Waals surface area contributed by atoms with Gasteiger partial charge in [-0.3, -0.25) is 0 Å². The summed E-state index contributed by atoms with van der Waals surface area (Å²) >= 11 is 0. The molecule has 3 fully saturated rings. The van der Waals surface area contributed by atoms with Crippen LogP contribution in [-0.4, -0.2) is 36.6 Å². The first-order valence-electron chi connectivity index (χ1n) is 18.0. The van der Waals surface area contributed by atoms with Gasteiger partial charge in [-0.2, -0.15) is 0 Å². The van der Waals surface area contributed by atoms with E-state index in [9.17, 15) is 9.59 Å². The molecule has 3 aliphatic rings. The van der Waals surface area contributed by atoms with Crippen molar-refractivity contribution in [2.45, 2.75) is 160 Å². The standard InChI is InChI=1S/C38H71N3O2/c1-13-28-16-33(4,5)22-36(10,19-28)25-39-31(42)41(27-38(12)21-30(15-3)18-35(8,9)24-38)32(43)40-26-37(11)20-29(14-2)17-34(6,7)23-37/h28-30H,13-27H2,1-12H3,(H,39,42)(H,40,43). The number of carbonyl (C=O) groups is 2. The lowest BCUT2D eigenvalue weighted by Gasteiger charge is -2.49. The van der Waals surface area contributed by atoms with Gasteiger partial charge in [-0.25, -0.2) is 14.5 Å². The molecule has 0 spiro atoms. The quantitative estimate of drug-likeness (QED) is 0.276. The first kappa shape index (κ1) is 36.2. The van der Waals surface area contributed by atoms with Gasteiger partial charge in [0.1, 0.15) is 0 Å². The Kier molecular flexibility index (Phi) is 11.1. The third-order valence-corrected chi connectivity index (χ3v) is 11.7. The predicted octanol–water partition coefficient (Wildman–Crippen LogP) is 10.4. The summed E-state index contributed by atoms with van der Waals surface area (Å²) < 4.78 is 0. The minimum atomic E-state index is -0.214. The fourth-order valence-electron chi connectivity index (χ4n) is 11.2. The Balaban J connectivity index is 1.80. The van der Waals surface area contributed by atoms with E-state index in [1.807, 2.05) is 0 Å². The molecule has 0 saturated heterocycles. The normalized spacial score (nSPS) is 36.9. The zero-order chi connectivity index (χ0) is 32.5. The van der Waals surface area contributed by atoms with E-state index < -0.39 is 0 Å². The average molecular weight is 602 g/mol. The van der Waals surface area contributed by atoms with Gasteiger partial charge in [0.05, 0.1) is 0 Å². The fourth-order valence-corrected chi connectivity index (χ4v) is 11.2. The summed E-state index contributed by atoms with van der Waals surface area (Å²) in [5.41, 5.74) is 0.738. The monoisotopic (exact) mass is 602 g/mol. The van der Waals surface area contributed by atoms with Crippen LogP contribution in [0.4, 0.5) is 9.59 Å². The highest BCUT2D eigenvalue weighted by molar-refractivity contribution is 5.93. The van der Waals surface area contributed by atoms with Crippen LogP contribution in [0, 0.1) is 50.2 Å². The molecule has 3 rings (SSSR count). The summed E-state index contributed by atoms with van der Waals surface area (Å²) in [6.07, 6.45) is 13.8. The van der Waals surface area contributed by atoms with Gasteiger partial charge >= 0.3 is 12.1 Å². The third-order valence-electron chi connectivity index (χ3n) is 11.7. The molecule has 2 N–H and O–H groups in total. The SMILES string of the molecule is CCC1CC(C)(C)CC(C)(CNC(=O)N(CC2(C)CC(CC)CC(C)(C)C2)C(=O)NCC2(C)CC(CC)CC(C)(C)C2)C1. The molecule has 0 aromatic rings. The van der Waals surface area contributed by atoms with Gasteiger partial charge < -0.3 is 10.6 Å². The summed E-state index contributed by atoms with van der Waals surface area (Å²) in [4.78, 5) is 29.8. The Morgan fingerprint density at radius 1 is 0.535 bits per heavy atom. The molecule has 4 amide bonds. The summed E-state index contributed by atoms with van der Waals surface area (Å²) in [6.45, 7) is 29.8. The van der Waals surface area contributed by atoms with Crippen LogP contribution in [0.25, 0.3) is 0 Å². The maximum atomic E-state index is 14.1. The largest absolute Gasteiger partial charge is 0.337 e. The van der Waals surface area contributed by atoms with Gasteiger partial charge in [0.15, 0.2) is 0 Å². The van der Waals surface area contributed by atoms with E-state index >= 15 is 0 Å². The molecule has 0 aromatic heterocycles. The second kappa shape index (κ2) is 13.2. The first-order valence-corrected chi connectivity index (χ1v) is 18.0. The lowest BCUT2D eigenvalue weighted by atomic mass is 9.60. The van der Waals surface area contributed by atoms with Crippen LogP contribution in [0.5, 0.6) is 0 Å². The van der Waals surface area contributed by atoms with Gasteiger partial charge in [-0.05, 0) is 108 Å². The van der Waals surface area contributed by atoms with Crippen molar-refractivity contribution in [2.75, 3.05) is 19.6 Å². The Labute approximate surface area is 266 Å². The third kappa shape index (κ3) is 10.1. The zero-order valence-corrected chi connectivity index (χ0v) is 30.6. The highest BCUT2D eigenvalue weighted by Crippen LogP contribution is 2.52. The van der Waals surface area contributed by atoms with Crippen molar-refractivity contribution < 1.29 is 9.59 Å². The molecule has 0 bridgehead atoms. The molecule has 5 nitrogen and oxygen atoms in total. The van der Waals surface area contributed by atoms with E-state index in [-0.39, 0.29) is 44.6 Å². The van der Waals surface area contributed by atoms with Crippen LogP contribution in [0.1, 0.15) is 160 Å². The minimum absolute atomic E-state index is 0.0423. The fraction of sp³-hybridized carbons (Fsp3) is 0.947. The average Bonchev–Trinajstić information content (AvgIpc) is 2.85. The van der Waals surface area contributed by atoms with Gasteiger partial charge in [0.25, 0.3) is 0 Å². The molecule has 250 valence electrons. The maximum absolute atomic E-state index is 14.1. The molecule has 43 heavy (non-hydrogen) atoms. The van der Waals surface area contributed by atoms with E-state index in [4.69, 9.17) is 0 Å². The molecule has 5 heteroatoms. The number of urea groups is 2. The zero-order valence-electron chi connectivity index (χ0n) is 30.6. The van der Waals surface area contributed by atoms with Gasteiger partial charge in [0.2, 0.25) is 0 Å². The number of nitrogens with one attached hydrogen (secondary N) is 2. The number of imide groups is 1. The first-order chi connectivity index (χ1) is 19.6. The van der Waals surface area contributed by atoms with Crippen molar-refractivity contribution in [2.24, 2.45) is 50.2 Å². The van der Waals surface area contributed by atoms with Crippen molar-refractivity contribution in [3.63, 3.8) is 0 Å². The smallest absolute Gasteiger partial charge is 0.325 e. The molecular formula is C38H71N3O2. The Morgan fingerprint density at radius 2 is 0.837 bits per heavy atom. The number of amides is 4. The van der Waals surface area contributed by atoms with Crippen molar-refractivity contribution in [1.29, 1.82) is 0 Å². The van der Waals surface area contributed by atoms with Crippen LogP contribution < -0.4 is 10.6 Å². The second-order valence-electron chi connectivity index (χ2n) is 19.4. The summed E-state index contributed by atoms with van der Waals surface area (Å²) in [5, 5.41) is 6.62. The highest BCUT2D eigenvalue weighted by atomic mass is 16.2. The maximum Gasteiger partial charge on any atom is 0.325 e. The molecular weight excluding hydrogens is 530 g/mol. The molecule has 3 saturated carbocycles. The molecule has 0 radical (unpaired) electrons. The molecule has 3 aliphatic carbocycles. The summed E-state index contributed by atoms with van der Waals surface area (Å²) in [6, 6.07) is -0.429. The molecule has 6 unspecified atom stereocenters. The second-order valence-corrected chi connectivity index (χ2v) is 19.4. The van der Waals surface area contributed by atoms with Crippen molar-refractivity contribution in [3.05, 3.63) is 0 Å². The van der Waals surface area contributed by atoms with E-state index in [1.54, 1.807) is 4.90 Å². The van der Waals surface area contributed by atoms with Gasteiger partial charge in [0, 0.05) is 19.6 Å². The highest BCUT2D eigenvalue weighted by Gasteiger charge is 2.45. The number of hydrogen-bond acceptors (Lipinski definition) is 2. The van der Waals surface area contributed by atoms with Crippen LogP contribution >= 0.6 is 0 Å². The lowest BCUT2D eigenvalue weighted by Crippen LogP contribution is -2.56. The van der Waals surface area contributed by atoms with Crippen LogP contribution in [-0.2, 0) is 0 Å². The van der Waals surface area contributed by atoms with Crippen molar-refractivity contribution >= 4 is 12.1 Å². The Hall–Kier alpha value is -1.26. The Morgan fingerprint density at radius 3 is 1.16 bits per heavy atom. The molecule has 0 aliphatic heterocycles. The van der Waals surface area contributed by atoms with Crippen LogP contribution in [0.2, 0.25) is 0 Å². The topological polar surface area (TPSA) is 61.4 Å². The lowest BCUT2D eigenvalue weighted by molar-refractivity contribution is 0.0322. The minimum Gasteiger partial charge on any atom is -0.337 e. The summed E-state index contributed by atoms with van der Waals surface area (Å²) in [7, 11) is 0. The Bertz CT molecular complexity index is 916. The van der Waals surface area contributed by atoms with Crippen LogP contribution in [0.15, 0.2) is 0 Å². The van der Waals surface area contributed by atoms with Gasteiger partial charge in [-0.1, -0.05) is 102 Å². The van der Waals surface area contributed by atoms with E-state index in [0.29, 0.717) is 37.4 Å². The van der Waals surface area contributed by atoms with Crippen LogP contribution in [0.3, 0.4) is 0 Å². The van der Waals surface area contributed by atoms with E-state index in [1.165, 1.54) is 32.1 Å². The molecule has 6 atom stereocenters. The molecule has 0 heterocycles. The predicted molar refractivity (Wildman–Crippen MR) is 182 cm³/mol. The van der Waals surface area contributed by atoms with Crippen molar-refractivity contribution in [1.82, 2.24) is 15.5 Å². The number of hydrogen-bond donors (Lipinski definition) is 2.